The molecular weight excluding hydrogens is 410 g/mol. The van der Waals surface area contributed by atoms with Gasteiger partial charge >= 0.3 is 5.97 Å². The summed E-state index contributed by atoms with van der Waals surface area (Å²) in [6.07, 6.45) is 7.06. The minimum absolute atomic E-state index is 0.133. The van der Waals surface area contributed by atoms with Crippen molar-refractivity contribution in [3.63, 3.8) is 0 Å². The Morgan fingerprint density at radius 1 is 0.879 bits per heavy atom. The lowest BCUT2D eigenvalue weighted by Crippen LogP contribution is -2.45. The van der Waals surface area contributed by atoms with Gasteiger partial charge in [-0.25, -0.2) is 4.79 Å². The molecule has 0 spiro atoms. The third kappa shape index (κ3) is 5.70. The van der Waals surface area contributed by atoms with Crippen LogP contribution in [0.1, 0.15) is 42.4 Å². The third-order valence-corrected chi connectivity index (χ3v) is 5.86. The summed E-state index contributed by atoms with van der Waals surface area (Å²) < 4.78 is 4.92. The smallest absolute Gasteiger partial charge is 0.328 e. The fourth-order valence-electron chi connectivity index (χ4n) is 4.26. The van der Waals surface area contributed by atoms with Gasteiger partial charge in [0.2, 0.25) is 5.91 Å². The Bertz CT molecular complexity index is 975. The molecule has 3 aromatic rings. The number of methoxy groups -OCH3 is 1. The van der Waals surface area contributed by atoms with Gasteiger partial charge in [-0.3, -0.25) is 4.79 Å². The van der Waals surface area contributed by atoms with Crippen LogP contribution in [-0.4, -0.2) is 25.0 Å². The molecule has 0 radical (unpaired) electrons. The molecule has 1 atom stereocenters. The summed E-state index contributed by atoms with van der Waals surface area (Å²) in [6.45, 7) is 0. The SMILES string of the molecule is C#CCCC[C@@H](NC(=O)CC(c1ccccc1)(c1ccccc1)c1ccccc1)C(=O)OC. The summed E-state index contributed by atoms with van der Waals surface area (Å²) in [5.41, 5.74) is 2.27. The van der Waals surface area contributed by atoms with Crippen LogP contribution in [0.25, 0.3) is 0 Å². The van der Waals surface area contributed by atoms with E-state index in [4.69, 9.17) is 11.2 Å². The molecule has 4 nitrogen and oxygen atoms in total. The van der Waals surface area contributed by atoms with Crippen molar-refractivity contribution in [3.8, 4) is 12.3 Å². The molecule has 3 aromatic carbocycles. The van der Waals surface area contributed by atoms with Crippen LogP contribution in [0.3, 0.4) is 0 Å². The summed E-state index contributed by atoms with van der Waals surface area (Å²) in [5.74, 6) is 1.87. The Hall–Kier alpha value is -3.84. The molecule has 0 bridgehead atoms. The molecule has 33 heavy (non-hydrogen) atoms. The van der Waals surface area contributed by atoms with E-state index in [1.54, 1.807) is 0 Å². The first-order valence-electron chi connectivity index (χ1n) is 11.1. The van der Waals surface area contributed by atoms with Gasteiger partial charge < -0.3 is 10.1 Å². The summed E-state index contributed by atoms with van der Waals surface area (Å²) >= 11 is 0. The first kappa shape index (κ1) is 23.8. The van der Waals surface area contributed by atoms with Gasteiger partial charge in [-0.15, -0.1) is 12.3 Å². The minimum Gasteiger partial charge on any atom is -0.467 e. The molecule has 0 fully saturated rings. The van der Waals surface area contributed by atoms with E-state index in [9.17, 15) is 9.59 Å². The van der Waals surface area contributed by atoms with Crippen molar-refractivity contribution in [2.24, 2.45) is 0 Å². The molecule has 0 aliphatic rings. The summed E-state index contributed by atoms with van der Waals surface area (Å²) in [5, 5.41) is 2.91. The highest BCUT2D eigenvalue weighted by molar-refractivity contribution is 5.86. The van der Waals surface area contributed by atoms with E-state index in [0.29, 0.717) is 19.3 Å². The Balaban J connectivity index is 2.04. The predicted octanol–water partition coefficient (Wildman–Crippen LogP) is 4.87. The first-order chi connectivity index (χ1) is 16.1. The molecule has 0 heterocycles. The molecule has 1 amide bonds. The van der Waals surface area contributed by atoms with E-state index in [1.807, 2.05) is 91.0 Å². The number of rotatable bonds is 10. The Morgan fingerprint density at radius 2 is 1.33 bits per heavy atom. The Morgan fingerprint density at radius 3 is 1.73 bits per heavy atom. The molecule has 0 saturated heterocycles. The van der Waals surface area contributed by atoms with E-state index in [-0.39, 0.29) is 12.3 Å². The van der Waals surface area contributed by atoms with Crippen LogP contribution in [0.2, 0.25) is 0 Å². The van der Waals surface area contributed by atoms with Gasteiger partial charge in [0.15, 0.2) is 0 Å². The second-order valence-electron chi connectivity index (χ2n) is 7.92. The van der Waals surface area contributed by atoms with Crippen molar-refractivity contribution in [3.05, 3.63) is 108 Å². The van der Waals surface area contributed by atoms with E-state index >= 15 is 0 Å². The van der Waals surface area contributed by atoms with Crippen LogP contribution in [0.15, 0.2) is 91.0 Å². The van der Waals surface area contributed by atoms with Crippen LogP contribution in [-0.2, 0) is 19.7 Å². The summed E-state index contributed by atoms with van der Waals surface area (Å²) in [4.78, 5) is 25.8. The highest BCUT2D eigenvalue weighted by atomic mass is 16.5. The second-order valence-corrected chi connectivity index (χ2v) is 7.92. The van der Waals surface area contributed by atoms with Crippen molar-refractivity contribution >= 4 is 11.9 Å². The molecular formula is C29H29NO3. The number of carbonyl (C=O) groups is 2. The van der Waals surface area contributed by atoms with Gasteiger partial charge in [-0.1, -0.05) is 91.0 Å². The number of carbonyl (C=O) groups excluding carboxylic acids is 2. The average Bonchev–Trinajstić information content (AvgIpc) is 2.88. The van der Waals surface area contributed by atoms with E-state index in [2.05, 4.69) is 11.2 Å². The molecule has 168 valence electrons. The van der Waals surface area contributed by atoms with Gasteiger partial charge in [-0.2, -0.15) is 0 Å². The lowest BCUT2D eigenvalue weighted by atomic mass is 9.67. The van der Waals surface area contributed by atoms with E-state index < -0.39 is 17.4 Å². The zero-order valence-electron chi connectivity index (χ0n) is 18.9. The number of hydrogen-bond acceptors (Lipinski definition) is 3. The molecule has 1 N–H and O–H groups in total. The van der Waals surface area contributed by atoms with Crippen LogP contribution < -0.4 is 5.32 Å². The normalized spacial score (nSPS) is 11.8. The maximum Gasteiger partial charge on any atom is 0.328 e. The molecule has 4 heteroatoms. The van der Waals surface area contributed by atoms with Crippen molar-refractivity contribution in [1.29, 1.82) is 0 Å². The topological polar surface area (TPSA) is 55.4 Å². The van der Waals surface area contributed by atoms with Crippen LogP contribution in [0, 0.1) is 12.3 Å². The van der Waals surface area contributed by atoms with Crippen LogP contribution >= 0.6 is 0 Å². The zero-order chi connectivity index (χ0) is 23.5. The maximum absolute atomic E-state index is 13.5. The van der Waals surface area contributed by atoms with E-state index in [1.165, 1.54) is 7.11 Å². The highest BCUT2D eigenvalue weighted by Gasteiger charge is 2.39. The quantitative estimate of drug-likeness (QED) is 0.212. The lowest BCUT2D eigenvalue weighted by Gasteiger charge is -2.36. The van der Waals surface area contributed by atoms with Gasteiger partial charge in [-0.05, 0) is 29.5 Å². The number of terminal acetylenes is 1. The van der Waals surface area contributed by atoms with Gasteiger partial charge in [0.25, 0.3) is 0 Å². The number of unbranched alkanes of at least 4 members (excludes halogenated alkanes) is 1. The number of nitrogens with one attached hydrogen (secondary N) is 1. The molecule has 0 aliphatic heterocycles. The predicted molar refractivity (Wildman–Crippen MR) is 130 cm³/mol. The van der Waals surface area contributed by atoms with Crippen molar-refractivity contribution in [1.82, 2.24) is 5.32 Å². The fourth-order valence-corrected chi connectivity index (χ4v) is 4.26. The average molecular weight is 440 g/mol. The van der Waals surface area contributed by atoms with E-state index in [0.717, 1.165) is 16.7 Å². The van der Waals surface area contributed by atoms with Crippen LogP contribution in [0.4, 0.5) is 0 Å². The standard InChI is InChI=1S/C29H29NO3/c1-3-4-8-21-26(28(32)33-2)30-27(31)22-29(23-15-9-5-10-16-23,24-17-11-6-12-18-24)25-19-13-7-14-20-25/h1,5-7,9-20,26H,4,8,21-22H2,2H3,(H,30,31)/t26-/m1/s1. The second kappa shape index (κ2) is 11.7. The van der Waals surface area contributed by atoms with Crippen LogP contribution in [0.5, 0.6) is 0 Å². The minimum atomic E-state index is -0.740. The van der Waals surface area contributed by atoms with Crippen molar-refractivity contribution in [2.45, 2.75) is 37.1 Å². The van der Waals surface area contributed by atoms with Gasteiger partial charge in [0.1, 0.15) is 6.04 Å². The van der Waals surface area contributed by atoms with Gasteiger partial charge in [0.05, 0.1) is 12.5 Å². The Labute approximate surface area is 196 Å². The number of hydrogen-bond donors (Lipinski definition) is 1. The largest absolute Gasteiger partial charge is 0.467 e. The molecule has 0 saturated carbocycles. The monoisotopic (exact) mass is 439 g/mol. The van der Waals surface area contributed by atoms with Gasteiger partial charge in [0, 0.05) is 12.8 Å². The Kier molecular flexibility index (Phi) is 8.43. The molecule has 0 aliphatic carbocycles. The number of esters is 1. The lowest BCUT2D eigenvalue weighted by molar-refractivity contribution is -0.145. The third-order valence-electron chi connectivity index (χ3n) is 5.86. The highest BCUT2D eigenvalue weighted by Crippen LogP contribution is 2.42. The summed E-state index contributed by atoms with van der Waals surface area (Å²) in [6, 6.07) is 29.2. The number of amides is 1. The molecule has 3 rings (SSSR count). The summed E-state index contributed by atoms with van der Waals surface area (Å²) in [7, 11) is 1.32. The van der Waals surface area contributed by atoms with Crippen molar-refractivity contribution in [2.75, 3.05) is 7.11 Å². The molecule has 0 unspecified atom stereocenters. The number of ether oxygens (including phenoxy) is 1. The van der Waals surface area contributed by atoms with Crippen molar-refractivity contribution < 1.29 is 14.3 Å². The zero-order valence-corrected chi connectivity index (χ0v) is 18.9. The fraction of sp³-hybridized carbons (Fsp3) is 0.241. The maximum atomic E-state index is 13.5. The first-order valence-corrected chi connectivity index (χ1v) is 11.1. The molecule has 0 aromatic heterocycles. The number of benzene rings is 3.